The first-order valence-corrected chi connectivity index (χ1v) is 7.76. The van der Waals surface area contributed by atoms with Crippen LogP contribution >= 0.6 is 11.6 Å². The predicted molar refractivity (Wildman–Crippen MR) is 80.9 cm³/mol. The highest BCUT2D eigenvalue weighted by atomic mass is 35.5. The summed E-state index contributed by atoms with van der Waals surface area (Å²) in [5, 5.41) is 3.16. The highest BCUT2D eigenvalue weighted by Gasteiger charge is 2.53. The topological polar surface area (TPSA) is 49.4 Å². The van der Waals surface area contributed by atoms with E-state index in [1.54, 1.807) is 4.90 Å². The maximum atomic E-state index is 12.3. The zero-order valence-electron chi connectivity index (χ0n) is 12.1. The van der Waals surface area contributed by atoms with Gasteiger partial charge in [-0.1, -0.05) is 30.7 Å². The molecular formula is C16H19ClN2O2. The van der Waals surface area contributed by atoms with E-state index in [0.717, 1.165) is 31.2 Å². The molecule has 1 aliphatic carbocycles. The van der Waals surface area contributed by atoms with E-state index < -0.39 is 5.54 Å². The van der Waals surface area contributed by atoms with E-state index in [9.17, 15) is 9.59 Å². The molecule has 1 aromatic rings. The van der Waals surface area contributed by atoms with E-state index in [2.05, 4.69) is 12.2 Å². The minimum absolute atomic E-state index is 0.131. The van der Waals surface area contributed by atoms with Crippen LogP contribution in [0.15, 0.2) is 24.3 Å². The fourth-order valence-corrected chi connectivity index (χ4v) is 3.46. The van der Waals surface area contributed by atoms with E-state index >= 15 is 0 Å². The maximum absolute atomic E-state index is 12.3. The van der Waals surface area contributed by atoms with E-state index in [1.807, 2.05) is 24.3 Å². The van der Waals surface area contributed by atoms with Crippen molar-refractivity contribution in [1.29, 1.82) is 0 Å². The average Bonchev–Trinajstić information content (AvgIpc) is 2.68. The summed E-state index contributed by atoms with van der Waals surface area (Å²) in [4.78, 5) is 26.2. The monoisotopic (exact) mass is 306 g/mol. The van der Waals surface area contributed by atoms with Crippen molar-refractivity contribution in [2.45, 2.75) is 44.7 Å². The van der Waals surface area contributed by atoms with Crippen LogP contribution in [0.5, 0.6) is 0 Å². The average molecular weight is 307 g/mol. The summed E-state index contributed by atoms with van der Waals surface area (Å²) in [6.45, 7) is 2.65. The van der Waals surface area contributed by atoms with Crippen LogP contribution in [0.25, 0.3) is 0 Å². The molecule has 1 spiro atoms. The SMILES string of the molecule is CC1CCC2(CC1)C(=O)NC(=O)N2Cc1ccc(Cl)cc1. The number of hydrogen-bond acceptors (Lipinski definition) is 2. The number of nitrogens with one attached hydrogen (secondary N) is 1. The zero-order chi connectivity index (χ0) is 15.0. The number of nitrogens with zero attached hydrogens (tertiary/aromatic N) is 1. The van der Waals surface area contributed by atoms with Crippen LogP contribution in [0.2, 0.25) is 5.02 Å². The Kier molecular flexibility index (Phi) is 3.66. The predicted octanol–water partition coefficient (Wildman–Crippen LogP) is 3.34. The Morgan fingerprint density at radius 1 is 1.24 bits per heavy atom. The maximum Gasteiger partial charge on any atom is 0.325 e. The molecule has 1 N–H and O–H groups in total. The minimum Gasteiger partial charge on any atom is -0.305 e. The number of benzene rings is 1. The summed E-state index contributed by atoms with van der Waals surface area (Å²) < 4.78 is 0. The van der Waals surface area contributed by atoms with E-state index in [0.29, 0.717) is 17.5 Å². The molecule has 5 heteroatoms. The molecular weight excluding hydrogens is 288 g/mol. The number of halogens is 1. The van der Waals surface area contributed by atoms with Gasteiger partial charge < -0.3 is 4.90 Å². The molecule has 0 radical (unpaired) electrons. The van der Waals surface area contributed by atoms with Gasteiger partial charge in [-0.05, 0) is 49.3 Å². The Morgan fingerprint density at radius 2 is 1.86 bits per heavy atom. The Hall–Kier alpha value is -1.55. The highest BCUT2D eigenvalue weighted by molar-refractivity contribution is 6.30. The van der Waals surface area contributed by atoms with Crippen LogP contribution in [0.1, 0.15) is 38.2 Å². The van der Waals surface area contributed by atoms with Gasteiger partial charge in [0.15, 0.2) is 0 Å². The van der Waals surface area contributed by atoms with Gasteiger partial charge in [0.25, 0.3) is 5.91 Å². The zero-order valence-corrected chi connectivity index (χ0v) is 12.8. The molecule has 1 aliphatic heterocycles. The summed E-state index contributed by atoms with van der Waals surface area (Å²) in [6, 6.07) is 7.14. The quantitative estimate of drug-likeness (QED) is 0.852. The van der Waals surface area contributed by atoms with Crippen LogP contribution < -0.4 is 5.32 Å². The van der Waals surface area contributed by atoms with Crippen molar-refractivity contribution >= 4 is 23.5 Å². The van der Waals surface area contributed by atoms with Gasteiger partial charge in [0.05, 0.1) is 0 Å². The number of urea groups is 1. The Bertz CT molecular complexity index is 562. The fourth-order valence-electron chi connectivity index (χ4n) is 3.33. The molecule has 0 aromatic heterocycles. The van der Waals surface area contributed by atoms with Crippen molar-refractivity contribution in [3.63, 3.8) is 0 Å². The molecule has 2 fully saturated rings. The molecule has 3 rings (SSSR count). The molecule has 3 amide bonds. The van der Waals surface area contributed by atoms with Gasteiger partial charge in [0.1, 0.15) is 5.54 Å². The molecule has 1 heterocycles. The van der Waals surface area contributed by atoms with Gasteiger partial charge in [-0.2, -0.15) is 0 Å². The second kappa shape index (κ2) is 5.34. The Morgan fingerprint density at radius 3 is 2.48 bits per heavy atom. The standard InChI is InChI=1S/C16H19ClN2O2/c1-11-6-8-16(9-7-11)14(20)18-15(21)19(16)10-12-2-4-13(17)5-3-12/h2-5,11H,6-10H2,1H3,(H,18,20,21). The lowest BCUT2D eigenvalue weighted by atomic mass is 9.76. The summed E-state index contributed by atoms with van der Waals surface area (Å²) in [5.74, 6) is 0.491. The van der Waals surface area contributed by atoms with Crippen molar-refractivity contribution < 1.29 is 9.59 Å². The normalized spacial score (nSPS) is 29.0. The molecule has 4 nitrogen and oxygen atoms in total. The molecule has 1 aromatic carbocycles. The first-order valence-electron chi connectivity index (χ1n) is 7.39. The van der Waals surface area contributed by atoms with E-state index in [4.69, 9.17) is 11.6 Å². The highest BCUT2D eigenvalue weighted by Crippen LogP contribution is 2.40. The van der Waals surface area contributed by atoms with Gasteiger partial charge in [-0.15, -0.1) is 0 Å². The fraction of sp³-hybridized carbons (Fsp3) is 0.500. The first-order chi connectivity index (χ1) is 10.0. The summed E-state index contributed by atoms with van der Waals surface area (Å²) in [5.41, 5.74) is 0.339. The molecule has 2 aliphatic rings. The molecule has 1 saturated heterocycles. The van der Waals surface area contributed by atoms with Crippen molar-refractivity contribution in [3.05, 3.63) is 34.9 Å². The number of rotatable bonds is 2. The molecule has 0 atom stereocenters. The third-order valence-electron chi connectivity index (χ3n) is 4.76. The molecule has 21 heavy (non-hydrogen) atoms. The summed E-state index contributed by atoms with van der Waals surface area (Å²) in [7, 11) is 0. The van der Waals surface area contributed by atoms with Crippen LogP contribution in [0, 0.1) is 5.92 Å². The number of carbonyl (C=O) groups excluding carboxylic acids is 2. The Balaban J connectivity index is 1.85. The lowest BCUT2D eigenvalue weighted by Crippen LogP contribution is -2.51. The van der Waals surface area contributed by atoms with Gasteiger partial charge in [0.2, 0.25) is 0 Å². The van der Waals surface area contributed by atoms with Gasteiger partial charge >= 0.3 is 6.03 Å². The third kappa shape index (κ3) is 2.53. The van der Waals surface area contributed by atoms with E-state index in [-0.39, 0.29) is 11.9 Å². The van der Waals surface area contributed by atoms with Crippen LogP contribution in [0.4, 0.5) is 4.79 Å². The van der Waals surface area contributed by atoms with E-state index in [1.165, 1.54) is 0 Å². The van der Waals surface area contributed by atoms with Gasteiger partial charge in [-0.3, -0.25) is 10.1 Å². The molecule has 1 saturated carbocycles. The number of amides is 3. The summed E-state index contributed by atoms with van der Waals surface area (Å²) >= 11 is 5.89. The van der Waals surface area contributed by atoms with Crippen molar-refractivity contribution in [3.8, 4) is 0 Å². The molecule has 0 bridgehead atoms. The van der Waals surface area contributed by atoms with Gasteiger partial charge in [-0.25, -0.2) is 4.79 Å². The summed E-state index contributed by atoms with van der Waals surface area (Å²) in [6.07, 6.45) is 3.47. The minimum atomic E-state index is -0.650. The van der Waals surface area contributed by atoms with Crippen LogP contribution in [-0.2, 0) is 11.3 Å². The number of carbonyl (C=O) groups is 2. The van der Waals surface area contributed by atoms with Crippen LogP contribution in [0.3, 0.4) is 0 Å². The molecule has 112 valence electrons. The van der Waals surface area contributed by atoms with Crippen LogP contribution in [-0.4, -0.2) is 22.4 Å². The van der Waals surface area contributed by atoms with Crippen molar-refractivity contribution in [2.24, 2.45) is 5.92 Å². The first kappa shape index (κ1) is 14.4. The Labute approximate surface area is 129 Å². The number of imide groups is 1. The van der Waals surface area contributed by atoms with Gasteiger partial charge in [0, 0.05) is 11.6 Å². The second-order valence-electron chi connectivity index (χ2n) is 6.19. The lowest BCUT2D eigenvalue weighted by Gasteiger charge is -2.40. The lowest BCUT2D eigenvalue weighted by molar-refractivity contribution is -0.128. The largest absolute Gasteiger partial charge is 0.325 e. The van der Waals surface area contributed by atoms with Crippen molar-refractivity contribution in [2.75, 3.05) is 0 Å². The van der Waals surface area contributed by atoms with Crippen molar-refractivity contribution in [1.82, 2.24) is 10.2 Å². The third-order valence-corrected chi connectivity index (χ3v) is 5.01. The second-order valence-corrected chi connectivity index (χ2v) is 6.62. The number of hydrogen-bond donors (Lipinski definition) is 1. The smallest absolute Gasteiger partial charge is 0.305 e. The molecule has 0 unspecified atom stereocenters.